The fourth-order valence-electron chi connectivity index (χ4n) is 2.37. The minimum Gasteiger partial charge on any atom is -0.273 e. The molecular weight excluding hydrogens is 373 g/mol. The van der Waals surface area contributed by atoms with E-state index < -0.39 is 34.2 Å². The number of halogens is 1. The Bertz CT molecular complexity index is 930. The predicted octanol–water partition coefficient (Wildman–Crippen LogP) is 1.29. The number of rotatable bonds is 6. The highest BCUT2D eigenvalue weighted by atomic mass is 32.2. The zero-order valence-corrected chi connectivity index (χ0v) is 15.7. The summed E-state index contributed by atoms with van der Waals surface area (Å²) < 4.78 is 37.9. The summed E-state index contributed by atoms with van der Waals surface area (Å²) in [7, 11) is -3.70. The maximum Gasteiger partial charge on any atom is 0.259 e. The van der Waals surface area contributed by atoms with E-state index in [-0.39, 0.29) is 6.42 Å². The highest BCUT2D eigenvalue weighted by Crippen LogP contribution is 2.21. The minimum atomic E-state index is -3.70. The van der Waals surface area contributed by atoms with Crippen LogP contribution in [0.1, 0.15) is 11.1 Å². The van der Waals surface area contributed by atoms with E-state index in [1.807, 2.05) is 0 Å². The lowest BCUT2D eigenvalue weighted by Crippen LogP contribution is -2.48. The van der Waals surface area contributed by atoms with Crippen LogP contribution in [0.25, 0.3) is 0 Å². The Balaban J connectivity index is 1.97. The van der Waals surface area contributed by atoms with Crippen molar-refractivity contribution in [3.8, 4) is 0 Å². The number of hydrogen-bond acceptors (Lipinski definition) is 4. The molecule has 0 radical (unpaired) electrons. The van der Waals surface area contributed by atoms with Gasteiger partial charge >= 0.3 is 0 Å². The van der Waals surface area contributed by atoms with Crippen LogP contribution in [0.3, 0.4) is 0 Å². The van der Waals surface area contributed by atoms with E-state index in [0.29, 0.717) is 16.8 Å². The van der Waals surface area contributed by atoms with Crippen LogP contribution >= 0.6 is 0 Å². The molecular formula is C18H20FN3O4S. The van der Waals surface area contributed by atoms with Crippen molar-refractivity contribution in [1.29, 1.82) is 0 Å². The van der Waals surface area contributed by atoms with Crippen molar-refractivity contribution in [3.05, 3.63) is 65.5 Å². The molecule has 0 atom stereocenters. The molecule has 7 nitrogen and oxygen atoms in total. The van der Waals surface area contributed by atoms with Crippen molar-refractivity contribution in [3.63, 3.8) is 0 Å². The normalized spacial score (nSPS) is 10.9. The van der Waals surface area contributed by atoms with Gasteiger partial charge in [-0.1, -0.05) is 30.3 Å². The Hall–Kier alpha value is -2.94. The molecule has 27 heavy (non-hydrogen) atoms. The van der Waals surface area contributed by atoms with Crippen molar-refractivity contribution in [2.24, 2.45) is 0 Å². The van der Waals surface area contributed by atoms with Crippen LogP contribution in [0.5, 0.6) is 0 Å². The first-order valence-electron chi connectivity index (χ1n) is 8.02. The number of benzene rings is 2. The van der Waals surface area contributed by atoms with Gasteiger partial charge in [0, 0.05) is 0 Å². The summed E-state index contributed by atoms with van der Waals surface area (Å²) in [5, 5.41) is 0. The van der Waals surface area contributed by atoms with E-state index in [9.17, 15) is 22.4 Å². The average Bonchev–Trinajstić information content (AvgIpc) is 2.60. The maximum absolute atomic E-state index is 12.9. The molecule has 0 spiro atoms. The lowest BCUT2D eigenvalue weighted by Gasteiger charge is -2.23. The van der Waals surface area contributed by atoms with Crippen molar-refractivity contribution in [2.45, 2.75) is 13.3 Å². The van der Waals surface area contributed by atoms with E-state index in [1.54, 1.807) is 31.2 Å². The van der Waals surface area contributed by atoms with Gasteiger partial charge in [-0.3, -0.25) is 24.7 Å². The molecule has 0 fully saturated rings. The lowest BCUT2D eigenvalue weighted by atomic mass is 10.1. The van der Waals surface area contributed by atoms with Gasteiger partial charge < -0.3 is 0 Å². The van der Waals surface area contributed by atoms with Gasteiger partial charge in [-0.05, 0) is 36.2 Å². The molecule has 2 N–H and O–H groups in total. The molecule has 0 aromatic heterocycles. The van der Waals surface area contributed by atoms with Crippen LogP contribution in [-0.4, -0.2) is 33.0 Å². The fourth-order valence-corrected chi connectivity index (χ4v) is 3.28. The Morgan fingerprint density at radius 3 is 2.19 bits per heavy atom. The van der Waals surface area contributed by atoms with Crippen molar-refractivity contribution in [2.75, 3.05) is 17.1 Å². The van der Waals surface area contributed by atoms with E-state index in [1.165, 1.54) is 24.3 Å². The number of sulfonamides is 1. The lowest BCUT2D eigenvalue weighted by molar-refractivity contribution is -0.127. The molecule has 2 amide bonds. The number of carbonyl (C=O) groups is 2. The van der Waals surface area contributed by atoms with Gasteiger partial charge in [0.05, 0.1) is 18.4 Å². The highest BCUT2D eigenvalue weighted by molar-refractivity contribution is 7.92. The van der Waals surface area contributed by atoms with Gasteiger partial charge in [-0.15, -0.1) is 0 Å². The quantitative estimate of drug-likeness (QED) is 0.723. The van der Waals surface area contributed by atoms with E-state index in [0.717, 1.165) is 10.6 Å². The second kappa shape index (κ2) is 8.63. The first-order valence-corrected chi connectivity index (χ1v) is 9.87. The molecule has 2 aromatic rings. The van der Waals surface area contributed by atoms with Crippen LogP contribution in [0.2, 0.25) is 0 Å². The largest absolute Gasteiger partial charge is 0.273 e. The summed E-state index contributed by atoms with van der Waals surface area (Å²) >= 11 is 0. The Morgan fingerprint density at radius 2 is 1.59 bits per heavy atom. The molecule has 0 heterocycles. The fraction of sp³-hybridized carbons (Fsp3) is 0.222. The molecule has 0 saturated heterocycles. The summed E-state index contributed by atoms with van der Waals surface area (Å²) in [5.41, 5.74) is 6.05. The third-order valence-corrected chi connectivity index (χ3v) is 4.82. The first-order chi connectivity index (χ1) is 12.7. The predicted molar refractivity (Wildman–Crippen MR) is 99.8 cm³/mol. The van der Waals surface area contributed by atoms with Crippen LogP contribution in [0, 0.1) is 12.7 Å². The van der Waals surface area contributed by atoms with Crippen molar-refractivity contribution in [1.82, 2.24) is 10.9 Å². The summed E-state index contributed by atoms with van der Waals surface area (Å²) in [6, 6.07) is 12.1. The number of carbonyl (C=O) groups excluding carboxylic acids is 2. The number of amides is 2. The molecule has 2 rings (SSSR count). The molecule has 0 saturated carbocycles. The van der Waals surface area contributed by atoms with Gasteiger partial charge in [0.1, 0.15) is 12.4 Å². The Kier molecular flexibility index (Phi) is 6.51. The number of hydrazine groups is 1. The maximum atomic E-state index is 12.9. The average molecular weight is 393 g/mol. The molecule has 0 aliphatic heterocycles. The van der Waals surface area contributed by atoms with Crippen LogP contribution in [0.4, 0.5) is 10.1 Å². The van der Waals surface area contributed by atoms with Crippen LogP contribution in [0.15, 0.2) is 48.5 Å². The van der Waals surface area contributed by atoms with Gasteiger partial charge in [-0.25, -0.2) is 12.8 Å². The van der Waals surface area contributed by atoms with Crippen molar-refractivity contribution >= 4 is 27.5 Å². The molecule has 0 unspecified atom stereocenters. The number of nitrogens with one attached hydrogen (secondary N) is 2. The number of nitrogens with zero attached hydrogens (tertiary/aromatic N) is 1. The summed E-state index contributed by atoms with van der Waals surface area (Å²) in [5.74, 6) is -1.63. The summed E-state index contributed by atoms with van der Waals surface area (Å²) in [6.45, 7) is 1.25. The molecule has 0 bridgehead atoms. The zero-order chi connectivity index (χ0) is 20.0. The number of anilines is 1. The highest BCUT2D eigenvalue weighted by Gasteiger charge is 2.22. The smallest absolute Gasteiger partial charge is 0.259 e. The standard InChI is InChI=1S/C18H20FN3O4S/c1-13-5-3-4-6-16(13)22(27(2,25)26)12-18(24)21-20-17(23)11-14-7-9-15(19)10-8-14/h3-10H,11-12H2,1-2H3,(H,20,23)(H,21,24). The number of aryl methyl sites for hydroxylation is 1. The molecule has 9 heteroatoms. The van der Waals surface area contributed by atoms with Crippen LogP contribution < -0.4 is 15.2 Å². The van der Waals surface area contributed by atoms with E-state index in [4.69, 9.17) is 0 Å². The van der Waals surface area contributed by atoms with E-state index >= 15 is 0 Å². The second-order valence-electron chi connectivity index (χ2n) is 5.96. The molecule has 2 aromatic carbocycles. The third kappa shape index (κ3) is 6.07. The SMILES string of the molecule is Cc1ccccc1N(CC(=O)NNC(=O)Cc1ccc(F)cc1)S(C)(=O)=O. The molecule has 0 aliphatic rings. The Labute approximate surface area is 157 Å². The van der Waals surface area contributed by atoms with Gasteiger partial charge in [-0.2, -0.15) is 0 Å². The number of hydrogen-bond donors (Lipinski definition) is 2. The van der Waals surface area contributed by atoms with Crippen molar-refractivity contribution < 1.29 is 22.4 Å². The number of para-hydroxylation sites is 1. The van der Waals surface area contributed by atoms with E-state index in [2.05, 4.69) is 10.9 Å². The van der Waals surface area contributed by atoms with Gasteiger partial charge in [0.25, 0.3) is 5.91 Å². The molecule has 0 aliphatic carbocycles. The Morgan fingerprint density at radius 1 is 1.00 bits per heavy atom. The topological polar surface area (TPSA) is 95.6 Å². The third-order valence-electron chi connectivity index (χ3n) is 3.69. The summed E-state index contributed by atoms with van der Waals surface area (Å²) in [6.07, 6.45) is 0.938. The second-order valence-corrected chi connectivity index (χ2v) is 7.86. The first kappa shape index (κ1) is 20.4. The zero-order valence-electron chi connectivity index (χ0n) is 14.9. The summed E-state index contributed by atoms with van der Waals surface area (Å²) in [4.78, 5) is 24.0. The monoisotopic (exact) mass is 393 g/mol. The van der Waals surface area contributed by atoms with Crippen LogP contribution in [-0.2, 0) is 26.0 Å². The molecule has 144 valence electrons. The van der Waals surface area contributed by atoms with Gasteiger partial charge in [0.15, 0.2) is 0 Å². The minimum absolute atomic E-state index is 0.0614. The van der Waals surface area contributed by atoms with Gasteiger partial charge in [0.2, 0.25) is 15.9 Å².